The molecule has 1 heterocycles. The van der Waals surface area contributed by atoms with Crippen LogP contribution in [0.25, 0.3) is 0 Å². The van der Waals surface area contributed by atoms with Gasteiger partial charge in [-0.1, -0.05) is 17.7 Å². The number of nitrogens with one attached hydrogen (secondary N) is 2. The third-order valence-corrected chi connectivity index (χ3v) is 2.23. The lowest BCUT2D eigenvalue weighted by atomic mass is 10.2. The number of hydrogen-bond donors (Lipinski definition) is 2. The van der Waals surface area contributed by atoms with Crippen molar-refractivity contribution >= 4 is 23.5 Å². The SMILES string of the molecule is O=C(Nc1ncc[nH]1)c1c(F)cccc1Cl. The highest BCUT2D eigenvalue weighted by molar-refractivity contribution is 6.34. The van der Waals surface area contributed by atoms with E-state index >= 15 is 0 Å². The number of benzene rings is 1. The minimum Gasteiger partial charge on any atom is -0.331 e. The fourth-order valence-corrected chi connectivity index (χ4v) is 1.47. The molecule has 0 atom stereocenters. The maximum atomic E-state index is 13.4. The number of halogens is 2. The van der Waals surface area contributed by atoms with E-state index in [1.807, 2.05) is 0 Å². The van der Waals surface area contributed by atoms with Gasteiger partial charge in [-0.15, -0.1) is 0 Å². The first kappa shape index (κ1) is 10.6. The number of carbonyl (C=O) groups is 1. The van der Waals surface area contributed by atoms with Crippen LogP contribution in [0.1, 0.15) is 10.4 Å². The van der Waals surface area contributed by atoms with Gasteiger partial charge in [-0.2, -0.15) is 0 Å². The van der Waals surface area contributed by atoms with Gasteiger partial charge in [0.15, 0.2) is 0 Å². The lowest BCUT2D eigenvalue weighted by Crippen LogP contribution is -2.15. The van der Waals surface area contributed by atoms with E-state index in [1.165, 1.54) is 24.4 Å². The molecule has 0 aliphatic carbocycles. The minimum atomic E-state index is -0.670. The molecule has 2 aromatic rings. The number of anilines is 1. The predicted octanol–water partition coefficient (Wildman–Crippen LogP) is 2.45. The average molecular weight is 240 g/mol. The molecule has 16 heavy (non-hydrogen) atoms. The number of carbonyl (C=O) groups excluding carboxylic acids is 1. The Morgan fingerprint density at radius 3 is 2.94 bits per heavy atom. The highest BCUT2D eigenvalue weighted by Crippen LogP contribution is 2.19. The van der Waals surface area contributed by atoms with Crippen LogP contribution in [0.2, 0.25) is 5.02 Å². The number of imidazole rings is 1. The van der Waals surface area contributed by atoms with E-state index in [4.69, 9.17) is 11.6 Å². The van der Waals surface area contributed by atoms with Crippen LogP contribution >= 0.6 is 11.6 Å². The molecule has 2 N–H and O–H groups in total. The van der Waals surface area contributed by atoms with Crippen molar-refractivity contribution in [3.05, 3.63) is 47.0 Å². The molecule has 0 aliphatic heterocycles. The van der Waals surface area contributed by atoms with Crippen molar-refractivity contribution in [2.75, 3.05) is 5.32 Å². The summed E-state index contributed by atoms with van der Waals surface area (Å²) in [5.41, 5.74) is -0.194. The number of rotatable bonds is 2. The van der Waals surface area contributed by atoms with Gasteiger partial charge in [0.25, 0.3) is 5.91 Å². The van der Waals surface area contributed by atoms with Gasteiger partial charge in [0.2, 0.25) is 5.95 Å². The van der Waals surface area contributed by atoms with Crippen molar-refractivity contribution in [2.24, 2.45) is 0 Å². The third kappa shape index (κ3) is 2.04. The zero-order valence-electron chi connectivity index (χ0n) is 8.00. The quantitative estimate of drug-likeness (QED) is 0.846. The van der Waals surface area contributed by atoms with E-state index in [0.29, 0.717) is 0 Å². The Labute approximate surface area is 95.5 Å². The summed E-state index contributed by atoms with van der Waals surface area (Å²) in [7, 11) is 0. The second kappa shape index (κ2) is 4.32. The van der Waals surface area contributed by atoms with Crippen molar-refractivity contribution in [2.45, 2.75) is 0 Å². The Kier molecular flexibility index (Phi) is 2.87. The zero-order chi connectivity index (χ0) is 11.5. The van der Waals surface area contributed by atoms with Crippen LogP contribution in [-0.2, 0) is 0 Å². The molecule has 0 saturated carbocycles. The standard InChI is InChI=1S/C10H7ClFN3O/c11-6-2-1-3-7(12)8(6)9(16)15-10-13-4-5-14-10/h1-5H,(H2,13,14,15,16). The molecule has 0 unspecified atom stereocenters. The molecular formula is C10H7ClFN3O. The zero-order valence-corrected chi connectivity index (χ0v) is 8.75. The van der Waals surface area contributed by atoms with Crippen LogP contribution in [0, 0.1) is 5.82 Å². The summed E-state index contributed by atoms with van der Waals surface area (Å²) in [5, 5.41) is 2.45. The van der Waals surface area contributed by atoms with E-state index in [2.05, 4.69) is 15.3 Å². The van der Waals surface area contributed by atoms with Crippen LogP contribution in [-0.4, -0.2) is 15.9 Å². The summed E-state index contributed by atoms with van der Waals surface area (Å²) in [5.74, 6) is -1.07. The van der Waals surface area contributed by atoms with Crippen molar-refractivity contribution in [3.8, 4) is 0 Å². The summed E-state index contributed by atoms with van der Waals surface area (Å²) in [6.07, 6.45) is 3.01. The predicted molar refractivity (Wildman–Crippen MR) is 58.0 cm³/mol. The average Bonchev–Trinajstić information content (AvgIpc) is 2.70. The highest BCUT2D eigenvalue weighted by Gasteiger charge is 2.16. The van der Waals surface area contributed by atoms with Crippen molar-refractivity contribution in [1.82, 2.24) is 9.97 Å². The monoisotopic (exact) mass is 239 g/mol. The van der Waals surface area contributed by atoms with Crippen LogP contribution in [0.4, 0.5) is 10.3 Å². The maximum Gasteiger partial charge on any atom is 0.262 e. The molecule has 1 amide bonds. The van der Waals surface area contributed by atoms with Crippen molar-refractivity contribution in [3.63, 3.8) is 0 Å². The number of H-pyrrole nitrogens is 1. The largest absolute Gasteiger partial charge is 0.331 e. The first-order chi connectivity index (χ1) is 7.68. The molecule has 0 aliphatic rings. The van der Waals surface area contributed by atoms with Gasteiger partial charge in [0.1, 0.15) is 5.82 Å². The number of amides is 1. The molecule has 4 nitrogen and oxygen atoms in total. The Bertz CT molecular complexity index is 493. The summed E-state index contributed by atoms with van der Waals surface area (Å²) in [6, 6.07) is 4.05. The molecule has 1 aromatic carbocycles. The van der Waals surface area contributed by atoms with Crippen LogP contribution < -0.4 is 5.32 Å². The van der Waals surface area contributed by atoms with Gasteiger partial charge in [-0.05, 0) is 12.1 Å². The molecule has 0 saturated heterocycles. The number of hydrogen-bond acceptors (Lipinski definition) is 2. The van der Waals surface area contributed by atoms with Gasteiger partial charge in [0, 0.05) is 12.4 Å². The number of nitrogens with zero attached hydrogens (tertiary/aromatic N) is 1. The third-order valence-electron chi connectivity index (χ3n) is 1.92. The van der Waals surface area contributed by atoms with Gasteiger partial charge in [0.05, 0.1) is 10.6 Å². The Balaban J connectivity index is 2.28. The Hall–Kier alpha value is -1.88. The number of aromatic nitrogens is 2. The molecule has 6 heteroatoms. The molecule has 1 aromatic heterocycles. The highest BCUT2D eigenvalue weighted by atomic mass is 35.5. The van der Waals surface area contributed by atoms with E-state index in [1.54, 1.807) is 6.20 Å². The molecule has 0 fully saturated rings. The van der Waals surface area contributed by atoms with Crippen LogP contribution in [0.5, 0.6) is 0 Å². The number of aromatic amines is 1. The fraction of sp³-hybridized carbons (Fsp3) is 0. The van der Waals surface area contributed by atoms with Gasteiger partial charge >= 0.3 is 0 Å². The minimum absolute atomic E-state index is 0.0593. The molecule has 0 spiro atoms. The first-order valence-electron chi connectivity index (χ1n) is 4.43. The summed E-state index contributed by atoms with van der Waals surface area (Å²) in [4.78, 5) is 18.1. The smallest absolute Gasteiger partial charge is 0.262 e. The van der Waals surface area contributed by atoms with Gasteiger partial charge < -0.3 is 4.98 Å². The molecule has 0 bridgehead atoms. The lowest BCUT2D eigenvalue weighted by molar-refractivity contribution is 0.102. The van der Waals surface area contributed by atoms with Crippen LogP contribution in [0.3, 0.4) is 0 Å². The van der Waals surface area contributed by atoms with Gasteiger partial charge in [-0.3, -0.25) is 10.1 Å². The summed E-state index contributed by atoms with van der Waals surface area (Å²) < 4.78 is 13.4. The summed E-state index contributed by atoms with van der Waals surface area (Å²) >= 11 is 5.73. The van der Waals surface area contributed by atoms with Crippen molar-refractivity contribution in [1.29, 1.82) is 0 Å². The Morgan fingerprint density at radius 2 is 2.31 bits per heavy atom. The Morgan fingerprint density at radius 1 is 1.50 bits per heavy atom. The normalized spacial score (nSPS) is 10.1. The second-order valence-corrected chi connectivity index (χ2v) is 3.40. The van der Waals surface area contributed by atoms with E-state index in [0.717, 1.165) is 0 Å². The van der Waals surface area contributed by atoms with Crippen LogP contribution in [0.15, 0.2) is 30.6 Å². The van der Waals surface area contributed by atoms with E-state index < -0.39 is 11.7 Å². The molecule has 0 radical (unpaired) electrons. The fourth-order valence-electron chi connectivity index (χ4n) is 1.22. The second-order valence-electron chi connectivity index (χ2n) is 2.99. The molecule has 82 valence electrons. The topological polar surface area (TPSA) is 57.8 Å². The first-order valence-corrected chi connectivity index (χ1v) is 4.81. The van der Waals surface area contributed by atoms with Crippen molar-refractivity contribution < 1.29 is 9.18 Å². The van der Waals surface area contributed by atoms with E-state index in [-0.39, 0.29) is 16.5 Å². The lowest BCUT2D eigenvalue weighted by Gasteiger charge is -2.04. The molecule has 2 rings (SSSR count). The van der Waals surface area contributed by atoms with E-state index in [9.17, 15) is 9.18 Å². The van der Waals surface area contributed by atoms with Gasteiger partial charge in [-0.25, -0.2) is 9.37 Å². The molecular weight excluding hydrogens is 233 g/mol. The maximum absolute atomic E-state index is 13.4. The summed E-state index contributed by atoms with van der Waals surface area (Å²) in [6.45, 7) is 0.